The van der Waals surface area contributed by atoms with Gasteiger partial charge in [0.2, 0.25) is 0 Å². The molecule has 1 amide bonds. The number of nitrogens with zero attached hydrogens (tertiary/aromatic N) is 3. The van der Waals surface area contributed by atoms with E-state index in [1.54, 1.807) is 35.4 Å². The molecule has 4 rings (SSSR count). The first-order valence-corrected chi connectivity index (χ1v) is 9.15. The van der Waals surface area contributed by atoms with Crippen LogP contribution in [0.2, 0.25) is 0 Å². The van der Waals surface area contributed by atoms with Crippen LogP contribution in [0.15, 0.2) is 36.5 Å². The van der Waals surface area contributed by atoms with Crippen LogP contribution >= 0.6 is 0 Å². The second-order valence-electron chi connectivity index (χ2n) is 6.70. The third-order valence-corrected chi connectivity index (χ3v) is 4.97. The topological polar surface area (TPSA) is 85.8 Å². The predicted octanol–water partition coefficient (Wildman–Crippen LogP) is 1.60. The Morgan fingerprint density at radius 3 is 2.63 bits per heavy atom. The zero-order chi connectivity index (χ0) is 18.8. The number of anilines is 2. The van der Waals surface area contributed by atoms with Crippen LogP contribution in [0.1, 0.15) is 40.0 Å². The number of aromatic carboxylic acids is 1. The Balaban J connectivity index is 1.66. The predicted molar refractivity (Wildman–Crippen MR) is 97.3 cm³/mol. The molecule has 0 N–H and O–H groups in total. The van der Waals surface area contributed by atoms with E-state index in [1.807, 2.05) is 4.90 Å². The van der Waals surface area contributed by atoms with E-state index in [9.17, 15) is 14.7 Å². The van der Waals surface area contributed by atoms with Crippen LogP contribution in [0.5, 0.6) is 5.75 Å². The van der Waals surface area contributed by atoms with Crippen molar-refractivity contribution in [2.24, 2.45) is 0 Å². The highest BCUT2D eigenvalue weighted by molar-refractivity contribution is 5.96. The molecule has 7 nitrogen and oxygen atoms in total. The lowest BCUT2D eigenvalue weighted by Gasteiger charge is -2.32. The molecule has 2 aliphatic heterocycles. The van der Waals surface area contributed by atoms with E-state index in [-0.39, 0.29) is 11.5 Å². The van der Waals surface area contributed by atoms with Gasteiger partial charge in [-0.2, -0.15) is 0 Å². The molecule has 1 fully saturated rings. The highest BCUT2D eigenvalue weighted by atomic mass is 16.5. The van der Waals surface area contributed by atoms with Gasteiger partial charge in [-0.15, -0.1) is 0 Å². The highest BCUT2D eigenvalue weighted by Gasteiger charge is 2.26. The molecule has 1 aromatic heterocycles. The number of piperidine rings is 1. The minimum absolute atomic E-state index is 0.0409. The summed E-state index contributed by atoms with van der Waals surface area (Å²) < 4.78 is 5.72. The van der Waals surface area contributed by atoms with Crippen LogP contribution in [0, 0.1) is 0 Å². The van der Waals surface area contributed by atoms with Crippen molar-refractivity contribution in [3.8, 4) is 5.75 Å². The van der Waals surface area contributed by atoms with E-state index in [1.165, 1.54) is 6.07 Å². The molecule has 0 saturated carbocycles. The smallest absolute Gasteiger partial charge is 0.255 e. The molecule has 0 radical (unpaired) electrons. The van der Waals surface area contributed by atoms with Gasteiger partial charge in [0.05, 0.1) is 23.8 Å². The van der Waals surface area contributed by atoms with Crippen molar-refractivity contribution in [2.45, 2.75) is 19.3 Å². The average molecular weight is 366 g/mol. The second-order valence-corrected chi connectivity index (χ2v) is 6.70. The van der Waals surface area contributed by atoms with E-state index >= 15 is 0 Å². The van der Waals surface area contributed by atoms with Gasteiger partial charge in [-0.3, -0.25) is 4.79 Å². The van der Waals surface area contributed by atoms with Crippen LogP contribution in [-0.4, -0.2) is 48.0 Å². The Morgan fingerprint density at radius 1 is 1.07 bits per heavy atom. The second kappa shape index (κ2) is 7.26. The molecule has 0 spiro atoms. The summed E-state index contributed by atoms with van der Waals surface area (Å²) in [4.78, 5) is 32.2. The number of carboxylic acids is 1. The number of carbonyl (C=O) groups is 2. The van der Waals surface area contributed by atoms with Crippen molar-refractivity contribution >= 4 is 23.4 Å². The molecule has 2 aliphatic rings. The zero-order valence-electron chi connectivity index (χ0n) is 14.9. The van der Waals surface area contributed by atoms with Gasteiger partial charge in [-0.25, -0.2) is 4.98 Å². The first-order valence-electron chi connectivity index (χ1n) is 9.15. The number of amides is 1. The van der Waals surface area contributed by atoms with Gasteiger partial charge in [0.25, 0.3) is 5.91 Å². The van der Waals surface area contributed by atoms with Crippen molar-refractivity contribution in [3.63, 3.8) is 0 Å². The molecule has 0 unspecified atom stereocenters. The summed E-state index contributed by atoms with van der Waals surface area (Å²) in [6.07, 6.45) is 4.74. The molecule has 140 valence electrons. The third kappa shape index (κ3) is 3.32. The maximum absolute atomic E-state index is 12.7. The summed E-state index contributed by atoms with van der Waals surface area (Å²) in [6, 6.07) is 8.35. The van der Waals surface area contributed by atoms with E-state index in [2.05, 4.69) is 4.98 Å². The van der Waals surface area contributed by atoms with Crippen LogP contribution in [0.3, 0.4) is 0 Å². The molecule has 1 aromatic carbocycles. The summed E-state index contributed by atoms with van der Waals surface area (Å²) in [5.74, 6) is -0.293. The van der Waals surface area contributed by atoms with Gasteiger partial charge in [0.1, 0.15) is 6.61 Å². The minimum Gasteiger partial charge on any atom is -0.545 e. The number of aromatic nitrogens is 1. The highest BCUT2D eigenvalue weighted by Crippen LogP contribution is 2.36. The van der Waals surface area contributed by atoms with Crippen molar-refractivity contribution in [2.75, 3.05) is 31.1 Å². The number of benzene rings is 1. The lowest BCUT2D eigenvalue weighted by atomic mass is 10.1. The molecule has 0 bridgehead atoms. The number of carbonyl (C=O) groups excluding carboxylic acids is 2. The van der Waals surface area contributed by atoms with Crippen molar-refractivity contribution in [1.29, 1.82) is 0 Å². The monoisotopic (exact) mass is 366 g/mol. The number of carboxylic acid groups (broad SMARTS) is 1. The van der Waals surface area contributed by atoms with Gasteiger partial charge < -0.3 is 24.4 Å². The molecule has 7 heteroatoms. The molecule has 2 aromatic rings. The van der Waals surface area contributed by atoms with E-state index in [0.717, 1.165) is 32.4 Å². The summed E-state index contributed by atoms with van der Waals surface area (Å²) in [5, 5.41) is 11.5. The molecule has 0 atom stereocenters. The Hall–Kier alpha value is -3.09. The lowest BCUT2D eigenvalue weighted by molar-refractivity contribution is -0.254. The Labute approximate surface area is 157 Å². The summed E-state index contributed by atoms with van der Waals surface area (Å²) in [7, 11) is 0. The van der Waals surface area contributed by atoms with Gasteiger partial charge in [0, 0.05) is 24.8 Å². The number of ether oxygens (including phenoxy) is 1. The molecule has 0 aliphatic carbocycles. The van der Waals surface area contributed by atoms with E-state index < -0.39 is 5.97 Å². The number of likely N-dealkylation sites (tertiary alicyclic amines) is 1. The van der Waals surface area contributed by atoms with Crippen molar-refractivity contribution in [1.82, 2.24) is 9.88 Å². The van der Waals surface area contributed by atoms with Crippen LogP contribution in [0.25, 0.3) is 0 Å². The number of rotatable bonds is 3. The first-order chi connectivity index (χ1) is 13.1. The number of pyridine rings is 1. The van der Waals surface area contributed by atoms with Gasteiger partial charge >= 0.3 is 0 Å². The van der Waals surface area contributed by atoms with Crippen LogP contribution in [-0.2, 0) is 0 Å². The van der Waals surface area contributed by atoms with Crippen LogP contribution in [0.4, 0.5) is 11.5 Å². The number of fused-ring (bicyclic) bond motifs is 1. The molecule has 1 saturated heterocycles. The van der Waals surface area contributed by atoms with E-state index in [0.29, 0.717) is 36.0 Å². The maximum atomic E-state index is 12.7. The lowest BCUT2D eigenvalue weighted by Crippen LogP contribution is -2.36. The van der Waals surface area contributed by atoms with Gasteiger partial charge in [-0.1, -0.05) is 18.2 Å². The standard InChI is InChI=1S/C20H21N3O4/c24-19(22-8-4-1-5-9-22)14-12-17-18(21-13-14)23(10-11-27-17)16-7-3-2-6-15(16)20(25)26/h2-3,6-7,12-13H,1,4-5,8-11H2,(H,25,26)/p-1. The number of para-hydroxylation sites is 1. The Kier molecular flexibility index (Phi) is 4.66. The molecule has 27 heavy (non-hydrogen) atoms. The minimum atomic E-state index is -1.24. The summed E-state index contributed by atoms with van der Waals surface area (Å²) in [5.41, 5.74) is 1.09. The SMILES string of the molecule is O=C([O-])c1ccccc1N1CCOc2cc(C(=O)N3CCCCC3)cnc21. The number of hydrogen-bond acceptors (Lipinski definition) is 6. The number of hydrogen-bond donors (Lipinski definition) is 0. The fourth-order valence-corrected chi connectivity index (χ4v) is 3.61. The summed E-state index contributed by atoms with van der Waals surface area (Å²) >= 11 is 0. The molecule has 3 heterocycles. The largest absolute Gasteiger partial charge is 0.545 e. The van der Waals surface area contributed by atoms with Crippen LogP contribution < -0.4 is 14.7 Å². The van der Waals surface area contributed by atoms with E-state index in [4.69, 9.17) is 4.74 Å². The fraction of sp³-hybridized carbons (Fsp3) is 0.350. The average Bonchev–Trinajstić information content (AvgIpc) is 2.73. The Bertz CT molecular complexity index is 877. The van der Waals surface area contributed by atoms with Gasteiger partial charge in [-0.05, 0) is 31.4 Å². The molecular weight excluding hydrogens is 346 g/mol. The van der Waals surface area contributed by atoms with Gasteiger partial charge in [0.15, 0.2) is 11.6 Å². The first kappa shape index (κ1) is 17.3. The third-order valence-electron chi connectivity index (χ3n) is 4.97. The van der Waals surface area contributed by atoms with Crippen molar-refractivity contribution < 1.29 is 19.4 Å². The molecular formula is C20H20N3O4-. The summed E-state index contributed by atoms with van der Waals surface area (Å²) in [6.45, 7) is 2.37. The quantitative estimate of drug-likeness (QED) is 0.820. The maximum Gasteiger partial charge on any atom is 0.255 e. The van der Waals surface area contributed by atoms with Crippen molar-refractivity contribution in [3.05, 3.63) is 47.7 Å². The Morgan fingerprint density at radius 2 is 1.85 bits per heavy atom. The zero-order valence-corrected chi connectivity index (χ0v) is 14.9. The fourth-order valence-electron chi connectivity index (χ4n) is 3.61. The normalized spacial score (nSPS) is 16.4.